The van der Waals surface area contributed by atoms with E-state index in [4.69, 9.17) is 0 Å². The zero-order chi connectivity index (χ0) is 12.2. The first-order valence-electron chi connectivity index (χ1n) is 5.89. The largest absolute Gasteiger partial charge is 0.314 e. The predicted molar refractivity (Wildman–Crippen MR) is 72.7 cm³/mol. The van der Waals surface area contributed by atoms with E-state index in [1.165, 1.54) is 10.7 Å². The van der Waals surface area contributed by atoms with Gasteiger partial charge in [-0.05, 0) is 39.7 Å². The van der Waals surface area contributed by atoms with Gasteiger partial charge in [0.2, 0.25) is 0 Å². The van der Waals surface area contributed by atoms with Gasteiger partial charge >= 0.3 is 0 Å². The summed E-state index contributed by atoms with van der Waals surface area (Å²) in [5.41, 5.74) is 0. The molecule has 1 heterocycles. The fourth-order valence-corrected chi connectivity index (χ4v) is 2.88. The summed E-state index contributed by atoms with van der Waals surface area (Å²) in [5.74, 6) is 0. The summed E-state index contributed by atoms with van der Waals surface area (Å²) < 4.78 is 27.5. The molecule has 0 aromatic carbocycles. The van der Waals surface area contributed by atoms with E-state index in [1.54, 1.807) is 7.05 Å². The third kappa shape index (κ3) is 5.52. The summed E-state index contributed by atoms with van der Waals surface area (Å²) in [6.45, 7) is 5.29. The van der Waals surface area contributed by atoms with Crippen molar-refractivity contribution < 1.29 is 8.42 Å². The average molecular weight is 286 g/mol. The Labute approximate surface area is 111 Å². The maximum Gasteiger partial charge on any atom is 0.279 e. The first-order chi connectivity index (χ1) is 7.43. The molecule has 1 aliphatic rings. The van der Waals surface area contributed by atoms with Crippen molar-refractivity contribution >= 4 is 22.6 Å². The van der Waals surface area contributed by atoms with Crippen molar-refractivity contribution in [1.29, 1.82) is 0 Å². The minimum Gasteiger partial charge on any atom is -0.314 e. The number of hydrogen-bond donors (Lipinski definition) is 2. The van der Waals surface area contributed by atoms with Crippen molar-refractivity contribution in [3.8, 4) is 0 Å². The Hall–Kier alpha value is 0.120. The van der Waals surface area contributed by atoms with Crippen LogP contribution in [0.5, 0.6) is 0 Å². The van der Waals surface area contributed by atoms with E-state index in [-0.39, 0.29) is 18.4 Å². The minimum atomic E-state index is -3.30. The molecule has 1 fully saturated rings. The van der Waals surface area contributed by atoms with Crippen molar-refractivity contribution in [3.63, 3.8) is 0 Å². The van der Waals surface area contributed by atoms with Gasteiger partial charge in [-0.25, -0.2) is 4.72 Å². The number of nitrogens with one attached hydrogen (secondary N) is 2. The number of rotatable bonds is 6. The molecule has 0 spiro atoms. The highest BCUT2D eigenvalue weighted by Crippen LogP contribution is 2.08. The fraction of sp³-hybridized carbons (Fsp3) is 1.00. The lowest BCUT2D eigenvalue weighted by molar-refractivity contribution is 0.400. The third-order valence-electron chi connectivity index (χ3n) is 3.05. The topological polar surface area (TPSA) is 61.4 Å². The number of nitrogens with zero attached hydrogens (tertiary/aromatic N) is 1. The van der Waals surface area contributed by atoms with Crippen LogP contribution in [0.25, 0.3) is 0 Å². The molecule has 0 unspecified atom stereocenters. The van der Waals surface area contributed by atoms with Crippen LogP contribution in [0.15, 0.2) is 0 Å². The Morgan fingerprint density at radius 2 is 2.12 bits per heavy atom. The molecule has 0 saturated carbocycles. The Morgan fingerprint density at radius 3 is 2.59 bits per heavy atom. The third-order valence-corrected chi connectivity index (χ3v) is 4.79. The molecule has 2 N–H and O–H groups in total. The van der Waals surface area contributed by atoms with Crippen molar-refractivity contribution in [2.24, 2.45) is 0 Å². The summed E-state index contributed by atoms with van der Waals surface area (Å²) in [5, 5.41) is 3.35. The molecule has 0 aromatic rings. The molecule has 0 aliphatic carbocycles. The lowest BCUT2D eigenvalue weighted by Gasteiger charge is -2.21. The maximum absolute atomic E-state index is 11.7. The van der Waals surface area contributed by atoms with E-state index < -0.39 is 10.2 Å². The van der Waals surface area contributed by atoms with Crippen molar-refractivity contribution in [1.82, 2.24) is 14.3 Å². The van der Waals surface area contributed by atoms with Gasteiger partial charge in [-0.1, -0.05) is 0 Å². The molecule has 0 radical (unpaired) electrons. The highest BCUT2D eigenvalue weighted by atomic mass is 35.5. The molecule has 104 valence electrons. The van der Waals surface area contributed by atoms with Gasteiger partial charge in [0.25, 0.3) is 10.2 Å². The minimum absolute atomic E-state index is 0. The summed E-state index contributed by atoms with van der Waals surface area (Å²) in [7, 11) is -1.70. The molecule has 0 bridgehead atoms. The summed E-state index contributed by atoms with van der Waals surface area (Å²) >= 11 is 0. The Kier molecular flexibility index (Phi) is 7.58. The zero-order valence-electron chi connectivity index (χ0n) is 10.8. The molecule has 7 heteroatoms. The molecule has 0 amide bonds. The monoisotopic (exact) mass is 285 g/mol. The van der Waals surface area contributed by atoms with Gasteiger partial charge < -0.3 is 5.32 Å². The fourth-order valence-electron chi connectivity index (χ4n) is 1.74. The molecule has 1 atom stereocenters. The van der Waals surface area contributed by atoms with E-state index in [1.807, 2.05) is 13.8 Å². The molecular weight excluding hydrogens is 262 g/mol. The Bertz CT molecular complexity index is 303. The SMILES string of the molecule is CC(C)N(C)S(=O)(=O)NCC[C@H]1CCCN1.Cl. The van der Waals surface area contributed by atoms with Crippen LogP contribution in [0.4, 0.5) is 0 Å². The van der Waals surface area contributed by atoms with Crippen LogP contribution >= 0.6 is 12.4 Å². The van der Waals surface area contributed by atoms with Crippen LogP contribution in [-0.4, -0.2) is 44.9 Å². The molecule has 0 aromatic heterocycles. The first kappa shape index (κ1) is 17.1. The molecule has 5 nitrogen and oxygen atoms in total. The van der Waals surface area contributed by atoms with Gasteiger partial charge in [0.05, 0.1) is 0 Å². The van der Waals surface area contributed by atoms with Gasteiger partial charge in [0.15, 0.2) is 0 Å². The van der Waals surface area contributed by atoms with Gasteiger partial charge in [-0.2, -0.15) is 12.7 Å². The lowest BCUT2D eigenvalue weighted by Crippen LogP contribution is -2.43. The van der Waals surface area contributed by atoms with E-state index >= 15 is 0 Å². The highest BCUT2D eigenvalue weighted by Gasteiger charge is 2.20. The lowest BCUT2D eigenvalue weighted by atomic mass is 10.2. The van der Waals surface area contributed by atoms with E-state index in [9.17, 15) is 8.42 Å². The maximum atomic E-state index is 11.7. The van der Waals surface area contributed by atoms with E-state index in [0.717, 1.165) is 19.4 Å². The Balaban J connectivity index is 0.00000256. The number of halogens is 1. The smallest absolute Gasteiger partial charge is 0.279 e. The summed E-state index contributed by atoms with van der Waals surface area (Å²) in [6.07, 6.45) is 3.22. The highest BCUT2D eigenvalue weighted by molar-refractivity contribution is 7.87. The van der Waals surface area contributed by atoms with Gasteiger partial charge in [0.1, 0.15) is 0 Å². The van der Waals surface area contributed by atoms with Crippen LogP contribution in [0, 0.1) is 0 Å². The van der Waals surface area contributed by atoms with Crippen LogP contribution in [0.1, 0.15) is 33.1 Å². The molecule has 1 rings (SSSR count). The van der Waals surface area contributed by atoms with Gasteiger partial charge in [0, 0.05) is 25.7 Å². The first-order valence-corrected chi connectivity index (χ1v) is 7.33. The van der Waals surface area contributed by atoms with Crippen LogP contribution in [-0.2, 0) is 10.2 Å². The zero-order valence-corrected chi connectivity index (χ0v) is 12.4. The summed E-state index contributed by atoms with van der Waals surface area (Å²) in [6, 6.07) is 0.467. The Morgan fingerprint density at radius 1 is 1.47 bits per heavy atom. The van der Waals surface area contributed by atoms with Crippen LogP contribution in [0.2, 0.25) is 0 Å². The average Bonchev–Trinajstić information content (AvgIpc) is 2.69. The molecule has 1 aliphatic heterocycles. The summed E-state index contributed by atoms with van der Waals surface area (Å²) in [4.78, 5) is 0. The van der Waals surface area contributed by atoms with Crippen molar-refractivity contribution in [3.05, 3.63) is 0 Å². The number of hydrogen-bond acceptors (Lipinski definition) is 3. The normalized spacial score (nSPS) is 20.9. The quantitative estimate of drug-likeness (QED) is 0.756. The predicted octanol–water partition coefficient (Wildman–Crippen LogP) is 0.725. The second kappa shape index (κ2) is 7.53. The molecule has 17 heavy (non-hydrogen) atoms. The molecular formula is C10H24ClN3O2S. The van der Waals surface area contributed by atoms with Crippen LogP contribution < -0.4 is 10.0 Å². The molecule has 1 saturated heterocycles. The standard InChI is InChI=1S/C10H23N3O2S.ClH/c1-9(2)13(3)16(14,15)12-8-6-10-5-4-7-11-10;/h9-12H,4-8H2,1-3H3;1H/t10-;/m1./s1. The van der Waals surface area contributed by atoms with Gasteiger partial charge in [-0.3, -0.25) is 0 Å². The van der Waals surface area contributed by atoms with Crippen molar-refractivity contribution in [2.45, 2.75) is 45.2 Å². The second-order valence-electron chi connectivity index (χ2n) is 4.59. The van der Waals surface area contributed by atoms with E-state index in [0.29, 0.717) is 12.6 Å². The van der Waals surface area contributed by atoms with Gasteiger partial charge in [-0.15, -0.1) is 12.4 Å². The van der Waals surface area contributed by atoms with Crippen LogP contribution in [0.3, 0.4) is 0 Å². The van der Waals surface area contributed by atoms with E-state index in [2.05, 4.69) is 10.0 Å². The van der Waals surface area contributed by atoms with Crippen molar-refractivity contribution in [2.75, 3.05) is 20.1 Å². The second-order valence-corrected chi connectivity index (χ2v) is 6.41.